The molecule has 0 aromatic heterocycles. The third-order valence-corrected chi connectivity index (χ3v) is 6.81. The molecular formula is C16H16O. The highest BCUT2D eigenvalue weighted by atomic mass is 16.6. The van der Waals surface area contributed by atoms with E-state index in [9.17, 15) is 0 Å². The van der Waals surface area contributed by atoms with Gasteiger partial charge in [-0.3, -0.25) is 0 Å². The number of hydrogen-bond acceptors (Lipinski definition) is 1. The predicted octanol–water partition coefficient (Wildman–Crippen LogP) is 3.21. The Bertz CT molecular complexity index is 517. The van der Waals surface area contributed by atoms with E-state index in [1.54, 1.807) is 11.1 Å². The lowest BCUT2D eigenvalue weighted by Gasteiger charge is -2.29. The number of epoxide rings is 1. The Hall–Kier alpha value is -0.820. The first-order chi connectivity index (χ1) is 8.38. The van der Waals surface area contributed by atoms with Crippen molar-refractivity contribution in [2.75, 3.05) is 0 Å². The number of fused-ring (bicyclic) bond motifs is 7. The molecule has 0 N–H and O–H groups in total. The summed E-state index contributed by atoms with van der Waals surface area (Å²) in [6, 6.07) is 9.17. The van der Waals surface area contributed by atoms with E-state index in [0.717, 1.165) is 23.7 Å². The van der Waals surface area contributed by atoms with E-state index in [1.165, 1.54) is 25.7 Å². The molecule has 6 rings (SSSR count). The number of ether oxygens (including phenoxy) is 1. The first kappa shape index (κ1) is 8.31. The maximum absolute atomic E-state index is 6.52. The summed E-state index contributed by atoms with van der Waals surface area (Å²) in [6.07, 6.45) is 5.75. The fourth-order valence-electron chi connectivity index (χ4n) is 6.52. The molecule has 17 heavy (non-hydrogen) atoms. The highest BCUT2D eigenvalue weighted by Crippen LogP contribution is 2.86. The van der Waals surface area contributed by atoms with Crippen molar-refractivity contribution in [2.24, 2.45) is 11.8 Å². The second-order valence-corrected chi connectivity index (χ2v) is 6.86. The van der Waals surface area contributed by atoms with Crippen LogP contribution in [0, 0.1) is 11.8 Å². The van der Waals surface area contributed by atoms with Crippen LogP contribution in [0.2, 0.25) is 0 Å². The lowest BCUT2D eigenvalue weighted by molar-refractivity contribution is 0.113. The zero-order valence-electron chi connectivity index (χ0n) is 9.86. The highest BCUT2D eigenvalue weighted by molar-refractivity contribution is 5.57. The summed E-state index contributed by atoms with van der Waals surface area (Å²) in [7, 11) is 0. The van der Waals surface area contributed by atoms with Crippen LogP contribution in [-0.2, 0) is 4.74 Å². The van der Waals surface area contributed by atoms with E-state index in [2.05, 4.69) is 24.3 Å². The van der Waals surface area contributed by atoms with Crippen LogP contribution in [0.15, 0.2) is 24.3 Å². The molecule has 86 valence electrons. The van der Waals surface area contributed by atoms with Crippen molar-refractivity contribution in [3.05, 3.63) is 35.4 Å². The summed E-state index contributed by atoms with van der Waals surface area (Å²) in [4.78, 5) is 0. The van der Waals surface area contributed by atoms with Crippen molar-refractivity contribution < 1.29 is 4.74 Å². The minimum Gasteiger partial charge on any atom is -0.361 e. The molecule has 1 saturated heterocycles. The number of rotatable bonds is 0. The second-order valence-electron chi connectivity index (χ2n) is 6.86. The Labute approximate surface area is 101 Å². The molecule has 0 amide bonds. The van der Waals surface area contributed by atoms with Gasteiger partial charge in [0.05, 0.1) is 0 Å². The Kier molecular flexibility index (Phi) is 1.02. The molecule has 4 fully saturated rings. The van der Waals surface area contributed by atoms with Gasteiger partial charge >= 0.3 is 0 Å². The molecule has 3 saturated carbocycles. The van der Waals surface area contributed by atoms with Gasteiger partial charge < -0.3 is 4.74 Å². The van der Waals surface area contributed by atoms with Gasteiger partial charge in [-0.15, -0.1) is 0 Å². The first-order valence-corrected chi connectivity index (χ1v) is 7.17. The van der Waals surface area contributed by atoms with Gasteiger partial charge in [0, 0.05) is 11.8 Å². The molecule has 1 nitrogen and oxygen atoms in total. The van der Waals surface area contributed by atoms with E-state index in [0.29, 0.717) is 11.2 Å². The van der Waals surface area contributed by atoms with Crippen LogP contribution < -0.4 is 0 Å². The van der Waals surface area contributed by atoms with Crippen LogP contribution in [0.4, 0.5) is 0 Å². The Morgan fingerprint density at radius 1 is 0.882 bits per heavy atom. The Morgan fingerprint density at radius 3 is 2.06 bits per heavy atom. The normalized spacial score (nSPS) is 59.1. The zero-order chi connectivity index (χ0) is 10.8. The van der Waals surface area contributed by atoms with Crippen molar-refractivity contribution in [1.82, 2.24) is 0 Å². The maximum atomic E-state index is 6.52. The van der Waals surface area contributed by atoms with Crippen LogP contribution in [0.1, 0.15) is 48.6 Å². The zero-order valence-corrected chi connectivity index (χ0v) is 9.86. The van der Waals surface area contributed by atoms with Gasteiger partial charge in [0.15, 0.2) is 0 Å². The van der Waals surface area contributed by atoms with Gasteiger partial charge in [-0.25, -0.2) is 0 Å². The van der Waals surface area contributed by atoms with E-state index < -0.39 is 0 Å². The average Bonchev–Trinajstić information content (AvgIpc) is 2.80. The van der Waals surface area contributed by atoms with E-state index >= 15 is 0 Å². The fraction of sp³-hybridized carbons (Fsp3) is 0.625. The highest BCUT2D eigenvalue weighted by Gasteiger charge is 2.91. The molecule has 1 aromatic carbocycles. The topological polar surface area (TPSA) is 12.5 Å². The quantitative estimate of drug-likeness (QED) is 0.616. The number of hydrogen-bond donors (Lipinski definition) is 0. The monoisotopic (exact) mass is 224 g/mol. The van der Waals surface area contributed by atoms with Gasteiger partial charge in [0.1, 0.15) is 11.2 Å². The summed E-state index contributed by atoms with van der Waals surface area (Å²) in [5.74, 6) is 3.30. The van der Waals surface area contributed by atoms with Crippen LogP contribution in [0.3, 0.4) is 0 Å². The molecule has 6 unspecified atom stereocenters. The molecular weight excluding hydrogens is 208 g/mol. The van der Waals surface area contributed by atoms with Crippen molar-refractivity contribution >= 4 is 0 Å². The molecule has 0 radical (unpaired) electrons. The van der Waals surface area contributed by atoms with Crippen molar-refractivity contribution in [3.63, 3.8) is 0 Å². The standard InChI is InChI=1S/C16H16O/c1-2-4-12-11(3-1)13-8-14(12)16-10-6-5-9(7-10)15(13,16)17-16/h1-4,9-10,13-14H,5-8H2. The molecule has 6 atom stereocenters. The third-order valence-electron chi connectivity index (χ3n) is 6.81. The minimum atomic E-state index is 0.328. The molecule has 1 heterocycles. The minimum absolute atomic E-state index is 0.328. The summed E-state index contributed by atoms with van der Waals surface area (Å²) in [5.41, 5.74) is 3.93. The molecule has 4 bridgehead atoms. The van der Waals surface area contributed by atoms with E-state index in [1.807, 2.05) is 0 Å². The van der Waals surface area contributed by atoms with Crippen molar-refractivity contribution in [1.29, 1.82) is 0 Å². The average molecular weight is 224 g/mol. The van der Waals surface area contributed by atoms with Crippen LogP contribution in [0.5, 0.6) is 0 Å². The molecule has 1 heteroatoms. The van der Waals surface area contributed by atoms with Gasteiger partial charge in [-0.1, -0.05) is 24.3 Å². The lowest BCUT2D eigenvalue weighted by atomic mass is 9.69. The summed E-state index contributed by atoms with van der Waals surface area (Å²) in [6.45, 7) is 0. The summed E-state index contributed by atoms with van der Waals surface area (Å²) >= 11 is 0. The summed E-state index contributed by atoms with van der Waals surface area (Å²) < 4.78 is 6.52. The van der Waals surface area contributed by atoms with Crippen molar-refractivity contribution in [3.8, 4) is 0 Å². The lowest BCUT2D eigenvalue weighted by Crippen LogP contribution is -2.36. The molecule has 1 aliphatic heterocycles. The predicted molar refractivity (Wildman–Crippen MR) is 63.9 cm³/mol. The maximum Gasteiger partial charge on any atom is 0.109 e. The SMILES string of the molecule is c1ccc2c(c1)C1CC2C23OC12C1CCC3C1. The van der Waals surface area contributed by atoms with Gasteiger partial charge in [-0.2, -0.15) is 0 Å². The van der Waals surface area contributed by atoms with Crippen molar-refractivity contribution in [2.45, 2.75) is 48.7 Å². The first-order valence-electron chi connectivity index (χ1n) is 7.17. The van der Waals surface area contributed by atoms with Crippen LogP contribution >= 0.6 is 0 Å². The molecule has 1 aromatic rings. The van der Waals surface area contributed by atoms with Gasteiger partial charge in [-0.05, 0) is 48.6 Å². The molecule has 4 aliphatic carbocycles. The Balaban J connectivity index is 1.67. The number of benzene rings is 1. The van der Waals surface area contributed by atoms with Gasteiger partial charge in [0.25, 0.3) is 0 Å². The third kappa shape index (κ3) is 0.567. The smallest absolute Gasteiger partial charge is 0.109 e. The second kappa shape index (κ2) is 2.09. The fourth-order valence-corrected chi connectivity index (χ4v) is 6.52. The van der Waals surface area contributed by atoms with Crippen LogP contribution in [0.25, 0.3) is 0 Å². The van der Waals surface area contributed by atoms with Crippen LogP contribution in [-0.4, -0.2) is 11.2 Å². The van der Waals surface area contributed by atoms with E-state index in [4.69, 9.17) is 4.74 Å². The van der Waals surface area contributed by atoms with E-state index in [-0.39, 0.29) is 0 Å². The Morgan fingerprint density at radius 2 is 1.47 bits per heavy atom. The molecule has 5 aliphatic rings. The van der Waals surface area contributed by atoms with Gasteiger partial charge in [0.2, 0.25) is 0 Å². The molecule has 0 spiro atoms. The summed E-state index contributed by atoms with van der Waals surface area (Å²) in [5, 5.41) is 0. The largest absolute Gasteiger partial charge is 0.361 e.